The number of carbonyl (C=O) groups excluding carboxylic acids is 1. The molecule has 2 heterocycles. The second-order valence-corrected chi connectivity index (χ2v) is 7.61. The van der Waals surface area contributed by atoms with Gasteiger partial charge in [-0.3, -0.25) is 4.79 Å². The predicted octanol–water partition coefficient (Wildman–Crippen LogP) is 4.35. The summed E-state index contributed by atoms with van der Waals surface area (Å²) in [5, 5.41) is 4.73. The summed E-state index contributed by atoms with van der Waals surface area (Å²) in [6.45, 7) is 2.30. The molecule has 0 radical (unpaired) electrons. The van der Waals surface area contributed by atoms with Gasteiger partial charge in [0, 0.05) is 24.2 Å². The second-order valence-electron chi connectivity index (χ2n) is 7.61. The van der Waals surface area contributed by atoms with E-state index in [4.69, 9.17) is 4.52 Å². The number of fused-ring (bicyclic) bond motifs is 1. The van der Waals surface area contributed by atoms with Crippen molar-refractivity contribution in [3.8, 4) is 0 Å². The molecule has 138 valence electrons. The maximum absolute atomic E-state index is 13.5. The average Bonchev–Trinajstić information content (AvgIpc) is 3.58. The lowest BCUT2D eigenvalue weighted by atomic mass is 10.1. The summed E-state index contributed by atoms with van der Waals surface area (Å²) in [7, 11) is 0. The first-order valence-corrected chi connectivity index (χ1v) is 9.42. The van der Waals surface area contributed by atoms with Crippen LogP contribution < -0.4 is 0 Å². The number of carbonyl (C=O) groups is 1. The van der Waals surface area contributed by atoms with Gasteiger partial charge in [-0.05, 0) is 56.4 Å². The lowest BCUT2D eigenvalue weighted by Crippen LogP contribution is -2.33. The van der Waals surface area contributed by atoms with Crippen LogP contribution in [0.5, 0.6) is 0 Å². The molecule has 2 aliphatic carbocycles. The molecule has 5 rings (SSSR count). The third-order valence-corrected chi connectivity index (χ3v) is 5.38. The maximum atomic E-state index is 13.5. The molecule has 2 fully saturated rings. The first-order chi connectivity index (χ1) is 13.1. The summed E-state index contributed by atoms with van der Waals surface area (Å²) in [5.41, 5.74) is 3.58. The van der Waals surface area contributed by atoms with Crippen LogP contribution in [0.1, 0.15) is 58.9 Å². The maximum Gasteiger partial charge on any atom is 0.259 e. The molecule has 0 spiro atoms. The van der Waals surface area contributed by atoms with Gasteiger partial charge < -0.3 is 9.42 Å². The Morgan fingerprint density at radius 1 is 1.22 bits per heavy atom. The first kappa shape index (κ1) is 16.4. The van der Waals surface area contributed by atoms with Gasteiger partial charge in [0.15, 0.2) is 0 Å². The molecule has 2 saturated carbocycles. The monoisotopic (exact) mass is 365 g/mol. The molecular formula is C21H20FN3O2. The Kier molecular flexibility index (Phi) is 3.74. The summed E-state index contributed by atoms with van der Waals surface area (Å²) in [4.78, 5) is 20.0. The van der Waals surface area contributed by atoms with E-state index in [2.05, 4.69) is 10.1 Å². The number of halogens is 1. The number of amides is 1. The number of nitrogens with zero attached hydrogens (tertiary/aromatic N) is 3. The molecule has 0 N–H and O–H groups in total. The molecule has 0 aliphatic heterocycles. The third kappa shape index (κ3) is 3.09. The van der Waals surface area contributed by atoms with Gasteiger partial charge in [0.05, 0.1) is 16.6 Å². The van der Waals surface area contributed by atoms with Gasteiger partial charge in [-0.2, -0.15) is 0 Å². The number of benzene rings is 1. The molecule has 5 nitrogen and oxygen atoms in total. The van der Waals surface area contributed by atoms with Crippen LogP contribution in [0.2, 0.25) is 0 Å². The molecule has 2 aliphatic rings. The number of aryl methyl sites for hydroxylation is 1. The predicted molar refractivity (Wildman–Crippen MR) is 97.8 cm³/mol. The Morgan fingerprint density at radius 2 is 1.96 bits per heavy atom. The molecule has 2 aromatic heterocycles. The van der Waals surface area contributed by atoms with Crippen molar-refractivity contribution in [3.63, 3.8) is 0 Å². The van der Waals surface area contributed by atoms with Crippen LogP contribution in [0.15, 0.2) is 34.9 Å². The van der Waals surface area contributed by atoms with Gasteiger partial charge in [0.1, 0.15) is 5.82 Å². The highest BCUT2D eigenvalue weighted by Gasteiger charge is 2.35. The van der Waals surface area contributed by atoms with Crippen molar-refractivity contribution in [1.82, 2.24) is 15.0 Å². The van der Waals surface area contributed by atoms with E-state index in [9.17, 15) is 9.18 Å². The fraction of sp³-hybridized carbons (Fsp3) is 0.381. The molecule has 0 atom stereocenters. The van der Waals surface area contributed by atoms with Crippen molar-refractivity contribution in [1.29, 1.82) is 0 Å². The van der Waals surface area contributed by atoms with Gasteiger partial charge in [0.2, 0.25) is 0 Å². The summed E-state index contributed by atoms with van der Waals surface area (Å²) in [6.07, 6.45) is 4.20. The zero-order valence-electron chi connectivity index (χ0n) is 15.1. The van der Waals surface area contributed by atoms with Gasteiger partial charge in [-0.1, -0.05) is 17.3 Å². The van der Waals surface area contributed by atoms with Gasteiger partial charge in [-0.15, -0.1) is 0 Å². The Hall–Kier alpha value is -2.76. The summed E-state index contributed by atoms with van der Waals surface area (Å²) >= 11 is 0. The molecular weight excluding hydrogens is 345 g/mol. The fourth-order valence-electron chi connectivity index (χ4n) is 3.56. The third-order valence-electron chi connectivity index (χ3n) is 5.38. The van der Waals surface area contributed by atoms with Gasteiger partial charge in [-0.25, -0.2) is 9.37 Å². The van der Waals surface area contributed by atoms with E-state index >= 15 is 0 Å². The van der Waals surface area contributed by atoms with Crippen LogP contribution in [0.3, 0.4) is 0 Å². The zero-order chi connectivity index (χ0) is 18.5. The molecule has 0 unspecified atom stereocenters. The van der Waals surface area contributed by atoms with E-state index in [0.29, 0.717) is 34.8 Å². The normalized spacial score (nSPS) is 16.7. The number of hydrogen-bond donors (Lipinski definition) is 0. The SMILES string of the molecule is Cc1noc2nc(C3CC3)cc(C(=O)N(Cc3ccc(F)cc3)C3CC3)c12. The first-order valence-electron chi connectivity index (χ1n) is 9.42. The topological polar surface area (TPSA) is 59.2 Å². The minimum atomic E-state index is -0.270. The van der Waals surface area contributed by atoms with Crippen molar-refractivity contribution in [3.05, 3.63) is 58.7 Å². The van der Waals surface area contributed by atoms with Gasteiger partial charge >= 0.3 is 0 Å². The minimum Gasteiger partial charge on any atom is -0.336 e. The molecule has 1 amide bonds. The number of rotatable bonds is 5. The van der Waals surface area contributed by atoms with Crippen molar-refractivity contribution in [2.45, 2.75) is 51.1 Å². The summed E-state index contributed by atoms with van der Waals surface area (Å²) in [6, 6.07) is 8.50. The second kappa shape index (κ2) is 6.15. The van der Waals surface area contributed by atoms with E-state index in [1.54, 1.807) is 12.1 Å². The van der Waals surface area contributed by atoms with Crippen LogP contribution in [0.25, 0.3) is 11.1 Å². The number of hydrogen-bond acceptors (Lipinski definition) is 4. The van der Waals surface area contributed by atoms with Crippen LogP contribution in [0.4, 0.5) is 4.39 Å². The van der Waals surface area contributed by atoms with Crippen molar-refractivity contribution >= 4 is 17.0 Å². The molecule has 0 saturated heterocycles. The highest BCUT2D eigenvalue weighted by molar-refractivity contribution is 6.06. The Labute approximate surface area is 156 Å². The number of pyridine rings is 1. The van der Waals surface area contributed by atoms with Crippen LogP contribution in [0, 0.1) is 12.7 Å². The molecule has 6 heteroatoms. The van der Waals surface area contributed by atoms with Crippen LogP contribution >= 0.6 is 0 Å². The fourth-order valence-corrected chi connectivity index (χ4v) is 3.56. The zero-order valence-corrected chi connectivity index (χ0v) is 15.1. The van der Waals surface area contributed by atoms with E-state index in [0.717, 1.165) is 36.9 Å². The molecule has 1 aromatic carbocycles. The van der Waals surface area contributed by atoms with Crippen LogP contribution in [-0.2, 0) is 6.54 Å². The smallest absolute Gasteiger partial charge is 0.259 e. The molecule has 0 bridgehead atoms. The largest absolute Gasteiger partial charge is 0.336 e. The Bertz CT molecular complexity index is 1020. The highest BCUT2D eigenvalue weighted by Crippen LogP contribution is 2.41. The standard InChI is InChI=1S/C21H20FN3O2/c1-12-19-17(10-18(14-4-5-14)23-20(19)27-24-12)21(26)25(16-8-9-16)11-13-2-6-15(22)7-3-13/h2-3,6-7,10,14,16H,4-5,8-9,11H2,1H3. The lowest BCUT2D eigenvalue weighted by Gasteiger charge is -2.23. The van der Waals surface area contributed by atoms with Crippen molar-refractivity contribution < 1.29 is 13.7 Å². The summed E-state index contributed by atoms with van der Waals surface area (Å²) < 4.78 is 18.6. The quantitative estimate of drug-likeness (QED) is 0.674. The highest BCUT2D eigenvalue weighted by atomic mass is 19.1. The van der Waals surface area contributed by atoms with E-state index < -0.39 is 0 Å². The molecule has 3 aromatic rings. The lowest BCUT2D eigenvalue weighted by molar-refractivity contribution is 0.0731. The minimum absolute atomic E-state index is 0.0255. The Balaban J connectivity index is 1.54. The Morgan fingerprint density at radius 3 is 2.63 bits per heavy atom. The summed E-state index contributed by atoms with van der Waals surface area (Å²) in [5.74, 6) is 0.119. The van der Waals surface area contributed by atoms with E-state index in [-0.39, 0.29) is 17.8 Å². The van der Waals surface area contributed by atoms with Gasteiger partial charge in [0.25, 0.3) is 11.6 Å². The van der Waals surface area contributed by atoms with Crippen molar-refractivity contribution in [2.24, 2.45) is 0 Å². The number of aromatic nitrogens is 2. The van der Waals surface area contributed by atoms with E-state index in [1.807, 2.05) is 17.9 Å². The van der Waals surface area contributed by atoms with Crippen LogP contribution in [-0.4, -0.2) is 27.0 Å². The van der Waals surface area contributed by atoms with Crippen molar-refractivity contribution in [2.75, 3.05) is 0 Å². The molecule has 27 heavy (non-hydrogen) atoms. The average molecular weight is 365 g/mol. The van der Waals surface area contributed by atoms with E-state index in [1.165, 1.54) is 12.1 Å².